The lowest BCUT2D eigenvalue weighted by atomic mass is 10.0. The molecular formula is C15H19N3O. The van der Waals surface area contributed by atoms with E-state index in [1.807, 2.05) is 18.2 Å². The first kappa shape index (κ1) is 12.1. The highest BCUT2D eigenvalue weighted by Crippen LogP contribution is 2.47. The van der Waals surface area contributed by atoms with Gasteiger partial charge in [0.2, 0.25) is 0 Å². The Morgan fingerprint density at radius 3 is 2.95 bits per heavy atom. The third kappa shape index (κ3) is 2.18. The monoisotopic (exact) mass is 257 g/mol. The molecule has 1 heterocycles. The Balaban J connectivity index is 1.79. The van der Waals surface area contributed by atoms with Gasteiger partial charge in [-0.2, -0.15) is 0 Å². The standard InChI is InChI=1S/C15H19N3O/c1-2-15(5-6-15)9-18-14(19)12-8-17-13-4-3-10(16)7-11(12)13/h3-4,7-8,17H,2,5-6,9,16H2,1H3,(H,18,19). The molecule has 1 amide bonds. The molecule has 0 bridgehead atoms. The molecule has 0 atom stereocenters. The molecule has 4 N–H and O–H groups in total. The average molecular weight is 257 g/mol. The van der Waals surface area contributed by atoms with E-state index in [-0.39, 0.29) is 5.91 Å². The van der Waals surface area contributed by atoms with Crippen LogP contribution in [0.4, 0.5) is 5.69 Å². The Hall–Kier alpha value is -1.97. The molecule has 1 aromatic heterocycles. The minimum atomic E-state index is -0.0171. The summed E-state index contributed by atoms with van der Waals surface area (Å²) in [6.07, 6.45) is 5.34. The summed E-state index contributed by atoms with van der Waals surface area (Å²) >= 11 is 0. The highest BCUT2D eigenvalue weighted by Gasteiger charge is 2.40. The number of fused-ring (bicyclic) bond motifs is 1. The number of rotatable bonds is 4. The minimum absolute atomic E-state index is 0.0171. The van der Waals surface area contributed by atoms with Crippen molar-refractivity contribution < 1.29 is 4.79 Å². The number of benzene rings is 1. The van der Waals surface area contributed by atoms with Crippen LogP contribution in [0.15, 0.2) is 24.4 Å². The van der Waals surface area contributed by atoms with E-state index in [2.05, 4.69) is 17.2 Å². The first-order valence-corrected chi connectivity index (χ1v) is 6.78. The molecule has 19 heavy (non-hydrogen) atoms. The zero-order valence-corrected chi connectivity index (χ0v) is 11.1. The van der Waals surface area contributed by atoms with Crippen LogP contribution in [-0.4, -0.2) is 17.4 Å². The van der Waals surface area contributed by atoms with E-state index in [1.54, 1.807) is 6.20 Å². The molecule has 1 aliphatic carbocycles. The fraction of sp³-hybridized carbons (Fsp3) is 0.400. The van der Waals surface area contributed by atoms with Crippen LogP contribution in [0.3, 0.4) is 0 Å². The molecule has 3 rings (SSSR count). The molecule has 0 saturated heterocycles. The Bertz CT molecular complexity index is 625. The van der Waals surface area contributed by atoms with E-state index in [4.69, 9.17) is 5.73 Å². The lowest BCUT2D eigenvalue weighted by Crippen LogP contribution is -2.29. The summed E-state index contributed by atoms with van der Waals surface area (Å²) in [6, 6.07) is 5.57. The van der Waals surface area contributed by atoms with Gasteiger partial charge < -0.3 is 16.0 Å². The molecule has 1 aliphatic rings. The number of aromatic amines is 1. The highest BCUT2D eigenvalue weighted by atomic mass is 16.1. The molecule has 4 nitrogen and oxygen atoms in total. The van der Waals surface area contributed by atoms with E-state index in [1.165, 1.54) is 12.8 Å². The summed E-state index contributed by atoms with van der Waals surface area (Å²) in [4.78, 5) is 15.4. The van der Waals surface area contributed by atoms with Crippen LogP contribution >= 0.6 is 0 Å². The van der Waals surface area contributed by atoms with Gasteiger partial charge in [0.05, 0.1) is 5.56 Å². The van der Waals surface area contributed by atoms with Gasteiger partial charge in [-0.25, -0.2) is 0 Å². The van der Waals surface area contributed by atoms with Gasteiger partial charge in [-0.1, -0.05) is 6.92 Å². The highest BCUT2D eigenvalue weighted by molar-refractivity contribution is 6.07. The summed E-state index contributed by atoms with van der Waals surface area (Å²) in [5.41, 5.74) is 8.43. The third-order valence-electron chi connectivity index (χ3n) is 4.28. The molecule has 0 aliphatic heterocycles. The Labute approximate surface area is 112 Å². The predicted molar refractivity (Wildman–Crippen MR) is 77.0 cm³/mol. The number of aromatic nitrogens is 1. The maximum atomic E-state index is 12.2. The number of hydrogen-bond acceptors (Lipinski definition) is 2. The molecule has 0 unspecified atom stereocenters. The van der Waals surface area contributed by atoms with Gasteiger partial charge in [-0.15, -0.1) is 0 Å². The van der Waals surface area contributed by atoms with Gasteiger partial charge in [-0.3, -0.25) is 4.79 Å². The number of nitrogen functional groups attached to an aromatic ring is 1. The molecule has 0 spiro atoms. The number of H-pyrrole nitrogens is 1. The van der Waals surface area contributed by atoms with Crippen molar-refractivity contribution in [1.29, 1.82) is 0 Å². The first-order chi connectivity index (χ1) is 9.13. The summed E-state index contributed by atoms with van der Waals surface area (Å²) in [6.45, 7) is 2.96. The van der Waals surface area contributed by atoms with Gasteiger partial charge in [0.15, 0.2) is 0 Å². The maximum Gasteiger partial charge on any atom is 0.253 e. The zero-order valence-electron chi connectivity index (χ0n) is 11.1. The molecule has 1 fully saturated rings. The van der Waals surface area contributed by atoms with Crippen molar-refractivity contribution >= 4 is 22.5 Å². The lowest BCUT2D eigenvalue weighted by molar-refractivity contribution is 0.0946. The molecular weight excluding hydrogens is 238 g/mol. The Morgan fingerprint density at radius 2 is 2.26 bits per heavy atom. The first-order valence-electron chi connectivity index (χ1n) is 6.78. The smallest absolute Gasteiger partial charge is 0.253 e. The van der Waals surface area contributed by atoms with Crippen LogP contribution < -0.4 is 11.1 Å². The van der Waals surface area contributed by atoms with Crippen LogP contribution in [0, 0.1) is 5.41 Å². The van der Waals surface area contributed by atoms with Gasteiger partial charge >= 0.3 is 0 Å². The summed E-state index contributed by atoms with van der Waals surface area (Å²) in [5, 5.41) is 3.94. The van der Waals surface area contributed by atoms with Crippen molar-refractivity contribution in [2.45, 2.75) is 26.2 Å². The fourth-order valence-corrected chi connectivity index (χ4v) is 2.52. The maximum absolute atomic E-state index is 12.2. The summed E-state index contributed by atoms with van der Waals surface area (Å²) in [7, 11) is 0. The van der Waals surface area contributed by atoms with Crippen molar-refractivity contribution in [1.82, 2.24) is 10.3 Å². The van der Waals surface area contributed by atoms with Crippen LogP contribution in [0.1, 0.15) is 36.5 Å². The SMILES string of the molecule is CCC1(CNC(=O)c2c[nH]c3ccc(N)cc23)CC1. The number of carbonyl (C=O) groups is 1. The number of carbonyl (C=O) groups excluding carboxylic acids is 1. The quantitative estimate of drug-likeness (QED) is 0.737. The van der Waals surface area contributed by atoms with E-state index < -0.39 is 0 Å². The fourth-order valence-electron chi connectivity index (χ4n) is 2.52. The summed E-state index contributed by atoms with van der Waals surface area (Å²) in [5.74, 6) is -0.0171. The van der Waals surface area contributed by atoms with Crippen molar-refractivity contribution in [3.8, 4) is 0 Å². The molecule has 4 heteroatoms. The number of nitrogens with two attached hydrogens (primary N) is 1. The number of hydrogen-bond donors (Lipinski definition) is 3. The van der Waals surface area contributed by atoms with Crippen molar-refractivity contribution in [3.05, 3.63) is 30.0 Å². The zero-order chi connectivity index (χ0) is 13.5. The van der Waals surface area contributed by atoms with Gasteiger partial charge in [-0.05, 0) is 42.9 Å². The van der Waals surface area contributed by atoms with Gasteiger partial charge in [0.25, 0.3) is 5.91 Å². The third-order valence-corrected chi connectivity index (χ3v) is 4.28. The largest absolute Gasteiger partial charge is 0.399 e. The van der Waals surface area contributed by atoms with Crippen LogP contribution in [0.2, 0.25) is 0 Å². The molecule has 0 radical (unpaired) electrons. The topological polar surface area (TPSA) is 70.9 Å². The second kappa shape index (κ2) is 4.30. The van der Waals surface area contributed by atoms with Crippen molar-refractivity contribution in [2.75, 3.05) is 12.3 Å². The van der Waals surface area contributed by atoms with Crippen LogP contribution in [0.5, 0.6) is 0 Å². The van der Waals surface area contributed by atoms with Gasteiger partial charge in [0, 0.05) is 29.3 Å². The van der Waals surface area contributed by atoms with Crippen molar-refractivity contribution in [2.24, 2.45) is 5.41 Å². The Morgan fingerprint density at radius 1 is 1.47 bits per heavy atom. The van der Waals surface area contributed by atoms with Crippen molar-refractivity contribution in [3.63, 3.8) is 0 Å². The minimum Gasteiger partial charge on any atom is -0.399 e. The van der Waals surface area contributed by atoms with E-state index in [0.717, 1.165) is 23.9 Å². The lowest BCUT2D eigenvalue weighted by Gasteiger charge is -2.13. The summed E-state index contributed by atoms with van der Waals surface area (Å²) < 4.78 is 0. The average Bonchev–Trinajstić information content (AvgIpc) is 3.08. The van der Waals surface area contributed by atoms with Gasteiger partial charge in [0.1, 0.15) is 0 Å². The molecule has 100 valence electrons. The Kier molecular flexibility index (Phi) is 2.73. The number of amides is 1. The normalized spacial score (nSPS) is 16.5. The second-order valence-electron chi connectivity index (χ2n) is 5.54. The van der Waals surface area contributed by atoms with E-state index >= 15 is 0 Å². The van der Waals surface area contributed by atoms with Crippen LogP contribution in [0.25, 0.3) is 10.9 Å². The molecule has 1 saturated carbocycles. The number of nitrogens with one attached hydrogen (secondary N) is 2. The number of anilines is 1. The van der Waals surface area contributed by atoms with Crippen LogP contribution in [-0.2, 0) is 0 Å². The second-order valence-corrected chi connectivity index (χ2v) is 5.54. The molecule has 2 aromatic rings. The molecule has 1 aromatic carbocycles. The van der Waals surface area contributed by atoms with E-state index in [9.17, 15) is 4.79 Å². The van der Waals surface area contributed by atoms with E-state index in [0.29, 0.717) is 16.7 Å². The predicted octanol–water partition coefficient (Wildman–Crippen LogP) is 2.67.